The largest absolute Gasteiger partial charge is 0.467 e. The molecule has 3 aromatic heterocycles. The van der Waals surface area contributed by atoms with Crippen molar-refractivity contribution in [3.63, 3.8) is 0 Å². The summed E-state index contributed by atoms with van der Waals surface area (Å²) in [6.45, 7) is 0.230. The van der Waals surface area contributed by atoms with Gasteiger partial charge in [0.1, 0.15) is 23.6 Å². The van der Waals surface area contributed by atoms with E-state index in [-0.39, 0.29) is 24.7 Å². The van der Waals surface area contributed by atoms with Crippen molar-refractivity contribution in [3.05, 3.63) is 60.2 Å². The SMILES string of the molecule is COC(=O)c1cc2oc3ccccc3c2n1CC(=O)NCc1ccco1. The molecule has 3 heterocycles. The fraction of sp³-hybridized carbons (Fsp3) is 0.158. The van der Waals surface area contributed by atoms with Crippen LogP contribution in [0, 0.1) is 0 Å². The van der Waals surface area contributed by atoms with Crippen LogP contribution in [0.1, 0.15) is 16.2 Å². The minimum Gasteiger partial charge on any atom is -0.467 e. The van der Waals surface area contributed by atoms with Gasteiger partial charge in [-0.3, -0.25) is 4.79 Å². The van der Waals surface area contributed by atoms with Gasteiger partial charge < -0.3 is 23.5 Å². The molecule has 132 valence electrons. The third-order valence-corrected chi connectivity index (χ3v) is 4.16. The summed E-state index contributed by atoms with van der Waals surface area (Å²) in [7, 11) is 1.30. The van der Waals surface area contributed by atoms with Crippen molar-refractivity contribution in [1.29, 1.82) is 0 Å². The molecule has 0 aliphatic carbocycles. The van der Waals surface area contributed by atoms with E-state index < -0.39 is 5.97 Å². The number of furan rings is 2. The van der Waals surface area contributed by atoms with Gasteiger partial charge in [-0.2, -0.15) is 0 Å². The highest BCUT2D eigenvalue weighted by molar-refractivity contribution is 6.07. The summed E-state index contributed by atoms with van der Waals surface area (Å²) in [6, 6.07) is 12.6. The van der Waals surface area contributed by atoms with Crippen LogP contribution in [0.25, 0.3) is 22.1 Å². The topological polar surface area (TPSA) is 86.6 Å². The Balaban J connectivity index is 1.70. The van der Waals surface area contributed by atoms with Crippen LogP contribution in [0.4, 0.5) is 0 Å². The monoisotopic (exact) mass is 352 g/mol. The number of hydrogen-bond acceptors (Lipinski definition) is 5. The van der Waals surface area contributed by atoms with E-state index in [0.717, 1.165) is 5.39 Å². The molecule has 0 aliphatic rings. The number of rotatable bonds is 5. The maximum absolute atomic E-state index is 12.4. The zero-order valence-electron chi connectivity index (χ0n) is 14.0. The quantitative estimate of drug-likeness (QED) is 0.558. The first-order chi connectivity index (χ1) is 12.7. The lowest BCUT2D eigenvalue weighted by atomic mass is 10.2. The van der Waals surface area contributed by atoms with Crippen LogP contribution in [0.5, 0.6) is 0 Å². The van der Waals surface area contributed by atoms with Gasteiger partial charge in [0.2, 0.25) is 5.91 Å². The minimum atomic E-state index is -0.528. The molecule has 0 unspecified atom stereocenters. The summed E-state index contributed by atoms with van der Waals surface area (Å²) >= 11 is 0. The normalized spacial score (nSPS) is 11.1. The minimum absolute atomic E-state index is 0.0435. The number of ether oxygens (including phenoxy) is 1. The molecule has 0 radical (unpaired) electrons. The van der Waals surface area contributed by atoms with Crippen LogP contribution in [0.2, 0.25) is 0 Å². The van der Waals surface area contributed by atoms with Crippen LogP contribution in [-0.2, 0) is 22.6 Å². The van der Waals surface area contributed by atoms with Crippen molar-refractivity contribution in [1.82, 2.24) is 9.88 Å². The second kappa shape index (κ2) is 6.44. The number of amides is 1. The summed E-state index contributed by atoms with van der Waals surface area (Å²) in [5.41, 5.74) is 2.18. The Hall–Kier alpha value is -3.48. The number of nitrogens with one attached hydrogen (secondary N) is 1. The Morgan fingerprint density at radius 3 is 2.77 bits per heavy atom. The molecule has 0 atom stereocenters. The summed E-state index contributed by atoms with van der Waals surface area (Å²) < 4.78 is 17.5. The van der Waals surface area contributed by atoms with Gasteiger partial charge >= 0.3 is 5.97 Å². The number of esters is 1. The average molecular weight is 352 g/mol. The number of benzene rings is 1. The van der Waals surface area contributed by atoms with Gasteiger partial charge in [-0.05, 0) is 24.3 Å². The van der Waals surface area contributed by atoms with Crippen molar-refractivity contribution in [2.45, 2.75) is 13.1 Å². The number of fused-ring (bicyclic) bond motifs is 3. The number of nitrogens with zero attached hydrogens (tertiary/aromatic N) is 1. The molecule has 0 saturated carbocycles. The Morgan fingerprint density at radius 2 is 2.00 bits per heavy atom. The molecule has 7 heteroatoms. The van der Waals surface area contributed by atoms with E-state index in [1.165, 1.54) is 7.11 Å². The Labute approximate surface area is 148 Å². The molecular weight excluding hydrogens is 336 g/mol. The lowest BCUT2D eigenvalue weighted by Gasteiger charge is -2.09. The zero-order valence-corrected chi connectivity index (χ0v) is 14.0. The molecule has 0 spiro atoms. The van der Waals surface area contributed by atoms with Crippen LogP contribution in [0.15, 0.2) is 57.6 Å². The van der Waals surface area contributed by atoms with Gasteiger partial charge in [-0.1, -0.05) is 12.1 Å². The van der Waals surface area contributed by atoms with E-state index in [1.54, 1.807) is 29.0 Å². The lowest BCUT2D eigenvalue weighted by Crippen LogP contribution is -2.28. The third-order valence-electron chi connectivity index (χ3n) is 4.16. The van der Waals surface area contributed by atoms with Crippen molar-refractivity contribution < 1.29 is 23.2 Å². The number of hydrogen-bond donors (Lipinski definition) is 1. The summed E-state index contributed by atoms with van der Waals surface area (Å²) in [6.07, 6.45) is 1.55. The first-order valence-electron chi connectivity index (χ1n) is 8.05. The average Bonchev–Trinajstić information content (AvgIpc) is 3.35. The highest BCUT2D eigenvalue weighted by Gasteiger charge is 2.22. The number of methoxy groups -OCH3 is 1. The van der Waals surface area contributed by atoms with Crippen LogP contribution >= 0.6 is 0 Å². The van der Waals surface area contributed by atoms with Crippen molar-refractivity contribution in [2.75, 3.05) is 7.11 Å². The highest BCUT2D eigenvalue weighted by atomic mass is 16.5. The molecule has 1 amide bonds. The van der Waals surface area contributed by atoms with E-state index in [4.69, 9.17) is 13.6 Å². The van der Waals surface area contributed by atoms with Crippen molar-refractivity contribution >= 4 is 33.9 Å². The molecule has 0 aliphatic heterocycles. The van der Waals surface area contributed by atoms with Gasteiger partial charge in [-0.25, -0.2) is 4.79 Å². The Morgan fingerprint density at radius 1 is 1.15 bits per heavy atom. The standard InChI is InChI=1S/C19H16N2O5/c1-24-19(23)14-9-16-18(13-6-2-3-7-15(13)26-16)21(14)11-17(22)20-10-12-5-4-8-25-12/h2-9H,10-11H2,1H3,(H,20,22). The smallest absolute Gasteiger partial charge is 0.354 e. The first-order valence-corrected chi connectivity index (χ1v) is 8.05. The molecule has 7 nitrogen and oxygen atoms in total. The molecule has 1 N–H and O–H groups in total. The molecule has 0 saturated heterocycles. The summed E-state index contributed by atoms with van der Waals surface area (Å²) in [5.74, 6) is -0.133. The van der Waals surface area contributed by atoms with E-state index >= 15 is 0 Å². The predicted molar refractivity (Wildman–Crippen MR) is 93.6 cm³/mol. The Bertz CT molecular complexity index is 1090. The van der Waals surface area contributed by atoms with Gasteiger partial charge in [-0.15, -0.1) is 0 Å². The van der Waals surface area contributed by atoms with E-state index in [9.17, 15) is 9.59 Å². The number of para-hydroxylation sites is 1. The molecule has 0 fully saturated rings. The van der Waals surface area contributed by atoms with E-state index in [1.807, 2.05) is 24.3 Å². The van der Waals surface area contributed by atoms with Crippen LogP contribution < -0.4 is 5.32 Å². The predicted octanol–water partition coefficient (Wildman–Crippen LogP) is 3.08. The fourth-order valence-corrected chi connectivity index (χ4v) is 2.99. The molecule has 1 aromatic carbocycles. The Kier molecular flexibility index (Phi) is 3.96. The molecule has 26 heavy (non-hydrogen) atoms. The summed E-state index contributed by atoms with van der Waals surface area (Å²) in [5, 5.41) is 3.61. The molecular formula is C19H16N2O5. The third kappa shape index (κ3) is 2.73. The molecule has 4 aromatic rings. The van der Waals surface area contributed by atoms with Gasteiger partial charge in [0, 0.05) is 11.5 Å². The first kappa shape index (κ1) is 16.0. The van der Waals surface area contributed by atoms with Gasteiger partial charge in [0.05, 0.1) is 25.4 Å². The second-order valence-corrected chi connectivity index (χ2v) is 5.77. The maximum atomic E-state index is 12.4. The molecule has 0 bridgehead atoms. The van der Waals surface area contributed by atoms with Crippen LogP contribution in [0.3, 0.4) is 0 Å². The number of carbonyl (C=O) groups is 2. The highest BCUT2D eigenvalue weighted by Crippen LogP contribution is 2.31. The number of aromatic nitrogens is 1. The zero-order chi connectivity index (χ0) is 18.1. The molecule has 4 rings (SSSR count). The van der Waals surface area contributed by atoms with Gasteiger partial charge in [0.15, 0.2) is 5.58 Å². The van der Waals surface area contributed by atoms with E-state index in [0.29, 0.717) is 22.4 Å². The second-order valence-electron chi connectivity index (χ2n) is 5.77. The number of carbonyl (C=O) groups excluding carboxylic acids is 2. The lowest BCUT2D eigenvalue weighted by molar-refractivity contribution is -0.121. The van der Waals surface area contributed by atoms with Gasteiger partial charge in [0.25, 0.3) is 0 Å². The fourth-order valence-electron chi connectivity index (χ4n) is 2.99. The van der Waals surface area contributed by atoms with Crippen molar-refractivity contribution in [2.24, 2.45) is 0 Å². The summed E-state index contributed by atoms with van der Waals surface area (Å²) in [4.78, 5) is 24.5. The van der Waals surface area contributed by atoms with Crippen LogP contribution in [-0.4, -0.2) is 23.6 Å². The van der Waals surface area contributed by atoms with Crippen molar-refractivity contribution in [3.8, 4) is 0 Å². The maximum Gasteiger partial charge on any atom is 0.354 e. The van der Waals surface area contributed by atoms with E-state index in [2.05, 4.69) is 5.32 Å².